The van der Waals surface area contributed by atoms with Crippen LogP contribution in [-0.4, -0.2) is 0 Å². The van der Waals surface area contributed by atoms with Crippen LogP contribution in [-0.2, 0) is 5.41 Å². The Morgan fingerprint density at radius 2 is 0.719 bits per heavy atom. The molecule has 57 heavy (non-hydrogen) atoms. The molecule has 0 fully saturated rings. The lowest BCUT2D eigenvalue weighted by molar-refractivity contribution is 0.477. The summed E-state index contributed by atoms with van der Waals surface area (Å²) in [6.45, 7) is 0. The van der Waals surface area contributed by atoms with Gasteiger partial charge in [-0.3, -0.25) is 0 Å². The van der Waals surface area contributed by atoms with Crippen LogP contribution in [0.15, 0.2) is 212 Å². The Balaban J connectivity index is 1.16. The van der Waals surface area contributed by atoms with Crippen LogP contribution in [0.3, 0.4) is 0 Å². The summed E-state index contributed by atoms with van der Waals surface area (Å²) < 4.78 is 6.96. The lowest BCUT2D eigenvalue weighted by atomic mass is 9.66. The topological polar surface area (TPSA) is 12.5 Å². The maximum Gasteiger partial charge on any atom is 0.152 e. The fourth-order valence-electron chi connectivity index (χ4n) is 9.95. The van der Waals surface area contributed by atoms with Gasteiger partial charge in [-0.25, -0.2) is 0 Å². The van der Waals surface area contributed by atoms with E-state index in [0.717, 1.165) is 50.8 Å². The van der Waals surface area contributed by atoms with Crippen molar-refractivity contribution in [2.75, 3.05) is 4.90 Å². The molecule has 2 aliphatic carbocycles. The van der Waals surface area contributed by atoms with E-state index in [0.29, 0.717) is 0 Å². The fraction of sp³-hybridized carbons (Fsp3) is 0.0182. The first-order chi connectivity index (χ1) is 28.3. The van der Waals surface area contributed by atoms with Crippen LogP contribution in [0.25, 0.3) is 55.6 Å². The normalized spacial score (nSPS) is 13.5. The summed E-state index contributed by atoms with van der Waals surface area (Å²) in [6, 6.07) is 77.5. The van der Waals surface area contributed by atoms with Crippen LogP contribution in [0.5, 0.6) is 11.5 Å². The Kier molecular flexibility index (Phi) is 6.88. The minimum Gasteiger partial charge on any atom is -0.453 e. The second-order valence-electron chi connectivity index (χ2n) is 15.2. The van der Waals surface area contributed by atoms with Crippen LogP contribution < -0.4 is 9.64 Å². The van der Waals surface area contributed by atoms with Gasteiger partial charge in [0.25, 0.3) is 0 Å². The molecule has 0 aromatic heterocycles. The summed E-state index contributed by atoms with van der Waals surface area (Å²) in [5.74, 6) is 1.65. The first-order valence-corrected chi connectivity index (χ1v) is 19.7. The zero-order valence-electron chi connectivity index (χ0n) is 31.1. The van der Waals surface area contributed by atoms with Gasteiger partial charge in [-0.05, 0) is 103 Å². The molecule has 9 aromatic carbocycles. The van der Waals surface area contributed by atoms with E-state index in [1.807, 2.05) is 0 Å². The van der Waals surface area contributed by atoms with Gasteiger partial charge in [-0.2, -0.15) is 0 Å². The third kappa shape index (κ3) is 4.53. The maximum atomic E-state index is 6.96. The van der Waals surface area contributed by atoms with Gasteiger partial charge in [0.1, 0.15) is 0 Å². The molecule has 0 saturated heterocycles. The number of rotatable bonds is 3. The van der Waals surface area contributed by atoms with Crippen molar-refractivity contribution in [3.63, 3.8) is 0 Å². The van der Waals surface area contributed by atoms with E-state index in [1.54, 1.807) is 0 Å². The van der Waals surface area contributed by atoms with Crippen molar-refractivity contribution in [2.24, 2.45) is 0 Å². The van der Waals surface area contributed by atoms with Gasteiger partial charge in [-0.15, -0.1) is 0 Å². The van der Waals surface area contributed by atoms with Crippen LogP contribution in [0, 0.1) is 0 Å². The molecule has 0 unspecified atom stereocenters. The molecule has 12 rings (SSSR count). The summed E-state index contributed by atoms with van der Waals surface area (Å²) in [4.78, 5) is 2.44. The molecule has 0 atom stereocenters. The van der Waals surface area contributed by atoms with E-state index in [2.05, 4.69) is 217 Å². The minimum absolute atomic E-state index is 0.569. The predicted octanol–water partition coefficient (Wildman–Crippen LogP) is 14.6. The van der Waals surface area contributed by atoms with Crippen LogP contribution in [0.2, 0.25) is 0 Å². The molecular weight excluding hydrogens is 691 g/mol. The zero-order valence-corrected chi connectivity index (χ0v) is 31.1. The molecule has 2 nitrogen and oxygen atoms in total. The van der Waals surface area contributed by atoms with Crippen molar-refractivity contribution in [1.29, 1.82) is 0 Å². The summed E-state index contributed by atoms with van der Waals surface area (Å²) in [5, 5.41) is 0. The van der Waals surface area contributed by atoms with E-state index in [9.17, 15) is 0 Å². The molecule has 1 aliphatic heterocycles. The van der Waals surface area contributed by atoms with Gasteiger partial charge < -0.3 is 9.64 Å². The molecule has 0 N–H and O–H groups in total. The molecule has 1 heterocycles. The van der Waals surface area contributed by atoms with Gasteiger partial charge in [0.2, 0.25) is 0 Å². The predicted molar refractivity (Wildman–Crippen MR) is 234 cm³/mol. The number of hydrogen-bond acceptors (Lipinski definition) is 2. The molecule has 266 valence electrons. The summed E-state index contributed by atoms with van der Waals surface area (Å²) in [7, 11) is 0. The Morgan fingerprint density at radius 3 is 1.25 bits per heavy atom. The van der Waals surface area contributed by atoms with Crippen LogP contribution >= 0.6 is 0 Å². The Hall–Kier alpha value is -7.42. The van der Waals surface area contributed by atoms with E-state index in [1.165, 1.54) is 55.6 Å². The zero-order chi connectivity index (χ0) is 37.5. The van der Waals surface area contributed by atoms with Gasteiger partial charge >= 0.3 is 0 Å². The van der Waals surface area contributed by atoms with Crippen LogP contribution in [0.1, 0.15) is 22.3 Å². The molecule has 2 heteroatoms. The molecule has 0 saturated carbocycles. The smallest absolute Gasteiger partial charge is 0.152 e. The Bertz CT molecular complexity index is 2900. The first kappa shape index (κ1) is 31.9. The average molecular weight is 726 g/mol. The second kappa shape index (κ2) is 12.3. The van der Waals surface area contributed by atoms with Crippen molar-refractivity contribution in [3.05, 3.63) is 235 Å². The van der Waals surface area contributed by atoms with Crippen molar-refractivity contribution in [1.82, 2.24) is 0 Å². The van der Waals surface area contributed by atoms with Crippen molar-refractivity contribution >= 4 is 17.1 Å². The lowest BCUT2D eigenvalue weighted by Crippen LogP contribution is -2.29. The molecule has 3 aliphatic rings. The highest BCUT2D eigenvalue weighted by Crippen LogP contribution is 2.64. The van der Waals surface area contributed by atoms with Crippen molar-refractivity contribution in [2.45, 2.75) is 5.41 Å². The van der Waals surface area contributed by atoms with E-state index < -0.39 is 5.41 Å². The molecule has 0 amide bonds. The highest BCUT2D eigenvalue weighted by molar-refractivity contribution is 6.03. The van der Waals surface area contributed by atoms with Crippen molar-refractivity contribution < 1.29 is 4.74 Å². The van der Waals surface area contributed by atoms with Gasteiger partial charge in [-0.1, -0.05) is 182 Å². The third-order valence-electron chi connectivity index (χ3n) is 12.3. The quantitative estimate of drug-likeness (QED) is 0.180. The second-order valence-corrected chi connectivity index (χ2v) is 15.2. The van der Waals surface area contributed by atoms with Gasteiger partial charge in [0.05, 0.1) is 22.5 Å². The Labute approximate surface area is 332 Å². The number of nitrogens with zero attached hydrogens (tertiary/aromatic N) is 1. The summed E-state index contributed by atoms with van der Waals surface area (Å²) >= 11 is 0. The number of anilines is 3. The largest absolute Gasteiger partial charge is 0.453 e. The van der Waals surface area contributed by atoms with Crippen LogP contribution in [0.4, 0.5) is 17.1 Å². The fourth-order valence-corrected chi connectivity index (χ4v) is 9.95. The molecule has 0 radical (unpaired) electrons. The number of hydrogen-bond donors (Lipinski definition) is 0. The lowest BCUT2D eigenvalue weighted by Gasteiger charge is -2.37. The standard InChI is InChI=1S/C55H35NO/c1-3-16-36(17-4-1)38-30-32-49-52(34-38)57-53-35-39(37-18-5-2-6-19-37)31-33-50(53)56(49)51-29-15-28-48-54(51)44-24-11-14-27-47(44)55(48)45-25-12-9-22-42(45)40-20-7-8-21-41(40)43-23-10-13-26-46(43)55/h1-35H. The van der Waals surface area contributed by atoms with Gasteiger partial charge in [0.15, 0.2) is 11.5 Å². The summed E-state index contributed by atoms with van der Waals surface area (Å²) in [5.41, 5.74) is 19.8. The van der Waals surface area contributed by atoms with E-state index in [-0.39, 0.29) is 0 Å². The monoisotopic (exact) mass is 725 g/mol. The number of fused-ring (bicyclic) bond motifs is 14. The van der Waals surface area contributed by atoms with E-state index >= 15 is 0 Å². The first-order valence-electron chi connectivity index (χ1n) is 19.7. The molecular formula is C55H35NO. The summed E-state index contributed by atoms with van der Waals surface area (Å²) in [6.07, 6.45) is 0. The number of ether oxygens (including phenoxy) is 1. The van der Waals surface area contributed by atoms with Gasteiger partial charge in [0, 0.05) is 5.56 Å². The molecule has 9 aromatic rings. The maximum absolute atomic E-state index is 6.96. The average Bonchev–Trinajstić information content (AvgIpc) is 3.53. The number of benzene rings is 9. The SMILES string of the molecule is c1ccc(-c2ccc3c(c2)Oc2cc(-c4ccccc4)ccc2N3c2cccc3c2-c2ccccc2C32c3ccccc3-c3ccccc3-c3ccccc32)cc1. The molecule has 1 spiro atoms. The third-order valence-corrected chi connectivity index (χ3v) is 12.3. The highest BCUT2D eigenvalue weighted by Gasteiger charge is 2.50. The minimum atomic E-state index is -0.569. The highest BCUT2D eigenvalue weighted by atomic mass is 16.5. The Morgan fingerprint density at radius 1 is 0.298 bits per heavy atom. The van der Waals surface area contributed by atoms with Crippen molar-refractivity contribution in [3.8, 4) is 67.1 Å². The molecule has 0 bridgehead atoms. The van der Waals surface area contributed by atoms with E-state index in [4.69, 9.17) is 4.74 Å².